The van der Waals surface area contributed by atoms with Crippen LogP contribution in [0.5, 0.6) is 0 Å². The summed E-state index contributed by atoms with van der Waals surface area (Å²) in [5, 5.41) is 5.06. The lowest BCUT2D eigenvalue weighted by molar-refractivity contribution is 0.754. The summed E-state index contributed by atoms with van der Waals surface area (Å²) in [6, 6.07) is 33.2. The Morgan fingerprint density at radius 3 is 2.27 bits per heavy atom. The molecule has 0 aliphatic rings. The first-order valence-electron chi connectivity index (χ1n) is 10.9. The van der Waals surface area contributed by atoms with Gasteiger partial charge in [-0.15, -0.1) is 11.3 Å². The van der Waals surface area contributed by atoms with E-state index in [9.17, 15) is 4.79 Å². The molecule has 0 spiro atoms. The molecule has 2 aromatic heterocycles. The SMILES string of the molecule is O=c1c2c(-c3ccc(-c4ccccc4)cc3)csc2ncn1Cc1cccc2ccccc12. The van der Waals surface area contributed by atoms with Crippen LogP contribution < -0.4 is 5.56 Å². The molecule has 4 heteroatoms. The molecule has 0 bridgehead atoms. The predicted molar refractivity (Wildman–Crippen MR) is 138 cm³/mol. The summed E-state index contributed by atoms with van der Waals surface area (Å²) in [6.45, 7) is 0.491. The van der Waals surface area contributed by atoms with E-state index in [0.717, 1.165) is 32.5 Å². The van der Waals surface area contributed by atoms with Crippen molar-refractivity contribution in [1.82, 2.24) is 9.55 Å². The van der Waals surface area contributed by atoms with E-state index in [0.29, 0.717) is 11.9 Å². The second kappa shape index (κ2) is 8.15. The Labute approximate surface area is 195 Å². The molecule has 4 aromatic carbocycles. The largest absolute Gasteiger partial charge is 0.294 e. The van der Waals surface area contributed by atoms with Crippen molar-refractivity contribution >= 4 is 32.3 Å². The maximum atomic E-state index is 13.5. The number of fused-ring (bicyclic) bond motifs is 2. The van der Waals surface area contributed by atoms with E-state index in [1.54, 1.807) is 10.9 Å². The smallest absolute Gasteiger partial charge is 0.263 e. The third-order valence-corrected chi connectivity index (χ3v) is 6.97. The molecular formula is C29H20N2OS. The van der Waals surface area contributed by atoms with Gasteiger partial charge in [-0.3, -0.25) is 9.36 Å². The number of rotatable bonds is 4. The summed E-state index contributed by atoms with van der Waals surface area (Å²) in [4.78, 5) is 18.9. The van der Waals surface area contributed by atoms with Crippen molar-refractivity contribution in [2.24, 2.45) is 0 Å². The van der Waals surface area contributed by atoms with Gasteiger partial charge in [-0.2, -0.15) is 0 Å². The maximum absolute atomic E-state index is 13.5. The molecule has 0 radical (unpaired) electrons. The molecule has 3 nitrogen and oxygen atoms in total. The minimum atomic E-state index is -0.00341. The van der Waals surface area contributed by atoms with Crippen LogP contribution in [0.3, 0.4) is 0 Å². The first-order valence-corrected chi connectivity index (χ1v) is 11.7. The fourth-order valence-electron chi connectivity index (χ4n) is 4.38. The van der Waals surface area contributed by atoms with Crippen molar-refractivity contribution in [1.29, 1.82) is 0 Å². The van der Waals surface area contributed by atoms with E-state index in [2.05, 4.69) is 65.6 Å². The monoisotopic (exact) mass is 444 g/mol. The minimum Gasteiger partial charge on any atom is -0.294 e. The number of thiophene rings is 1. The highest BCUT2D eigenvalue weighted by molar-refractivity contribution is 7.17. The van der Waals surface area contributed by atoms with Gasteiger partial charge in [0.2, 0.25) is 0 Å². The molecule has 2 heterocycles. The lowest BCUT2D eigenvalue weighted by Crippen LogP contribution is -2.21. The normalized spacial score (nSPS) is 11.3. The van der Waals surface area contributed by atoms with Gasteiger partial charge in [0.25, 0.3) is 5.56 Å². The summed E-state index contributed by atoms with van der Waals surface area (Å²) in [6.07, 6.45) is 1.67. The molecule has 0 saturated heterocycles. The predicted octanol–water partition coefficient (Wildman–Crippen LogP) is 6.99. The quantitative estimate of drug-likeness (QED) is 0.294. The fraction of sp³-hybridized carbons (Fsp3) is 0.0345. The first-order chi connectivity index (χ1) is 16.3. The van der Waals surface area contributed by atoms with Gasteiger partial charge in [0, 0.05) is 10.9 Å². The van der Waals surface area contributed by atoms with E-state index >= 15 is 0 Å². The summed E-state index contributed by atoms with van der Waals surface area (Å²) in [5.74, 6) is 0. The van der Waals surface area contributed by atoms with Crippen molar-refractivity contribution in [3.63, 3.8) is 0 Å². The van der Waals surface area contributed by atoms with Crippen molar-refractivity contribution in [2.75, 3.05) is 0 Å². The molecule has 0 saturated carbocycles. The van der Waals surface area contributed by atoms with Crippen LogP contribution in [0.15, 0.2) is 114 Å². The summed E-state index contributed by atoms with van der Waals surface area (Å²) >= 11 is 1.52. The molecule has 0 fully saturated rings. The summed E-state index contributed by atoms with van der Waals surface area (Å²) < 4.78 is 1.72. The molecule has 0 unspecified atom stereocenters. The summed E-state index contributed by atoms with van der Waals surface area (Å²) in [5.41, 5.74) is 5.42. The number of hydrogen-bond donors (Lipinski definition) is 0. The van der Waals surface area contributed by atoms with Gasteiger partial charge in [-0.05, 0) is 33.0 Å². The Hall–Kier alpha value is -4.02. The zero-order chi connectivity index (χ0) is 22.2. The highest BCUT2D eigenvalue weighted by Gasteiger charge is 2.14. The van der Waals surface area contributed by atoms with Gasteiger partial charge in [-0.25, -0.2) is 4.98 Å². The third-order valence-electron chi connectivity index (χ3n) is 6.08. The Morgan fingerprint density at radius 1 is 0.727 bits per heavy atom. The number of nitrogens with zero attached hydrogens (tertiary/aromatic N) is 2. The molecule has 0 N–H and O–H groups in total. The van der Waals surface area contributed by atoms with Crippen molar-refractivity contribution in [2.45, 2.75) is 6.54 Å². The highest BCUT2D eigenvalue weighted by atomic mass is 32.1. The van der Waals surface area contributed by atoms with Crippen LogP contribution in [0.2, 0.25) is 0 Å². The zero-order valence-corrected chi connectivity index (χ0v) is 18.6. The first kappa shape index (κ1) is 19.6. The van der Waals surface area contributed by atoms with Gasteiger partial charge in [-0.1, -0.05) is 97.1 Å². The van der Waals surface area contributed by atoms with Crippen LogP contribution in [0.4, 0.5) is 0 Å². The fourth-order valence-corrected chi connectivity index (χ4v) is 5.29. The van der Waals surface area contributed by atoms with Crippen LogP contribution >= 0.6 is 11.3 Å². The van der Waals surface area contributed by atoms with E-state index in [1.165, 1.54) is 22.3 Å². The zero-order valence-electron chi connectivity index (χ0n) is 17.8. The van der Waals surface area contributed by atoms with Crippen LogP contribution in [0, 0.1) is 0 Å². The molecular weight excluding hydrogens is 424 g/mol. The maximum Gasteiger partial charge on any atom is 0.263 e. The second-order valence-corrected chi connectivity index (χ2v) is 8.95. The molecule has 158 valence electrons. The number of hydrogen-bond acceptors (Lipinski definition) is 3. The van der Waals surface area contributed by atoms with Crippen LogP contribution in [-0.2, 0) is 6.54 Å². The molecule has 6 rings (SSSR count). The molecule has 6 aromatic rings. The van der Waals surface area contributed by atoms with Crippen molar-refractivity contribution in [3.8, 4) is 22.3 Å². The van der Waals surface area contributed by atoms with Gasteiger partial charge >= 0.3 is 0 Å². The average molecular weight is 445 g/mol. The van der Waals surface area contributed by atoms with Gasteiger partial charge < -0.3 is 0 Å². The van der Waals surface area contributed by atoms with Gasteiger partial charge in [0.1, 0.15) is 4.83 Å². The van der Waals surface area contributed by atoms with E-state index < -0.39 is 0 Å². The van der Waals surface area contributed by atoms with Crippen LogP contribution in [-0.4, -0.2) is 9.55 Å². The van der Waals surface area contributed by atoms with Gasteiger partial charge in [0.15, 0.2) is 0 Å². The Bertz CT molecular complexity index is 1640. The summed E-state index contributed by atoms with van der Waals surface area (Å²) in [7, 11) is 0. The standard InChI is InChI=1S/C29H20N2OS/c32-29-27-26(23-15-13-21(14-16-23)20-7-2-1-3-8-20)18-33-28(27)30-19-31(29)17-24-11-6-10-22-9-4-5-12-25(22)24/h1-16,18-19H,17H2. The number of benzene rings is 4. The number of aromatic nitrogens is 2. The lowest BCUT2D eigenvalue weighted by atomic mass is 10.0. The Morgan fingerprint density at radius 2 is 1.42 bits per heavy atom. The Kier molecular flexibility index (Phi) is 4.85. The topological polar surface area (TPSA) is 34.9 Å². The molecule has 0 aliphatic heterocycles. The van der Waals surface area contributed by atoms with E-state index in [-0.39, 0.29) is 5.56 Å². The van der Waals surface area contributed by atoms with E-state index in [1.807, 2.05) is 41.8 Å². The molecule has 0 aliphatic carbocycles. The minimum absolute atomic E-state index is 0.00341. The van der Waals surface area contributed by atoms with Crippen molar-refractivity contribution < 1.29 is 0 Å². The van der Waals surface area contributed by atoms with Crippen molar-refractivity contribution in [3.05, 3.63) is 125 Å². The third kappa shape index (κ3) is 3.55. The molecule has 0 atom stereocenters. The second-order valence-electron chi connectivity index (χ2n) is 8.09. The van der Waals surface area contributed by atoms with Gasteiger partial charge in [0.05, 0.1) is 18.3 Å². The highest BCUT2D eigenvalue weighted by Crippen LogP contribution is 2.32. The molecule has 33 heavy (non-hydrogen) atoms. The van der Waals surface area contributed by atoms with E-state index in [4.69, 9.17) is 0 Å². The Balaban J connectivity index is 1.41. The van der Waals surface area contributed by atoms with Crippen LogP contribution in [0.1, 0.15) is 5.56 Å². The lowest BCUT2D eigenvalue weighted by Gasteiger charge is -2.09. The average Bonchev–Trinajstić information content (AvgIpc) is 3.32. The molecule has 0 amide bonds. The van der Waals surface area contributed by atoms with Crippen LogP contribution in [0.25, 0.3) is 43.2 Å².